The fourth-order valence-electron chi connectivity index (χ4n) is 2.47. The number of carbonyl (C=O) groups excluding carboxylic acids is 1. The molecular formula is C19H22N2O4S. The van der Waals surface area contributed by atoms with E-state index in [2.05, 4.69) is 5.32 Å². The number of nitro groups is 1. The van der Waals surface area contributed by atoms with Gasteiger partial charge in [0.15, 0.2) is 0 Å². The maximum atomic E-state index is 12.5. The molecule has 0 fully saturated rings. The van der Waals surface area contributed by atoms with Gasteiger partial charge in [0.25, 0.3) is 11.6 Å². The Balaban J connectivity index is 2.17. The average Bonchev–Trinajstić information content (AvgIpc) is 2.60. The van der Waals surface area contributed by atoms with Gasteiger partial charge in [-0.25, -0.2) is 0 Å². The maximum absolute atomic E-state index is 12.5. The van der Waals surface area contributed by atoms with Gasteiger partial charge in [-0.2, -0.15) is 0 Å². The van der Waals surface area contributed by atoms with Gasteiger partial charge in [0.1, 0.15) is 5.75 Å². The van der Waals surface area contributed by atoms with E-state index in [0.29, 0.717) is 4.90 Å². The molecule has 0 aliphatic heterocycles. The van der Waals surface area contributed by atoms with Crippen LogP contribution in [0.25, 0.3) is 0 Å². The molecule has 0 bridgehead atoms. The first-order valence-electron chi connectivity index (χ1n) is 8.21. The third-order valence-electron chi connectivity index (χ3n) is 3.72. The number of amides is 1. The Bertz CT molecular complexity index is 808. The van der Waals surface area contributed by atoms with Crippen LogP contribution in [0, 0.1) is 10.1 Å². The number of ether oxygens (including phenoxy) is 1. The molecule has 2 rings (SSSR count). The quantitative estimate of drug-likeness (QED) is 0.435. The molecule has 0 spiro atoms. The van der Waals surface area contributed by atoms with Crippen LogP contribution >= 0.6 is 11.8 Å². The summed E-state index contributed by atoms with van der Waals surface area (Å²) in [7, 11) is 0. The van der Waals surface area contributed by atoms with Crippen LogP contribution in [-0.2, 0) is 0 Å². The van der Waals surface area contributed by atoms with Crippen LogP contribution in [0.3, 0.4) is 0 Å². The lowest BCUT2D eigenvalue weighted by Crippen LogP contribution is -2.26. The molecule has 1 atom stereocenters. The van der Waals surface area contributed by atoms with Gasteiger partial charge in [-0.15, -0.1) is 11.8 Å². The second kappa shape index (κ2) is 8.71. The van der Waals surface area contributed by atoms with E-state index in [-0.39, 0.29) is 29.3 Å². The van der Waals surface area contributed by atoms with E-state index in [1.807, 2.05) is 45.0 Å². The molecule has 0 saturated heterocycles. The summed E-state index contributed by atoms with van der Waals surface area (Å²) < 4.78 is 5.67. The predicted octanol–water partition coefficient (Wildman–Crippen LogP) is 4.59. The van der Waals surface area contributed by atoms with Crippen molar-refractivity contribution in [2.75, 3.05) is 6.26 Å². The van der Waals surface area contributed by atoms with Gasteiger partial charge in [0.05, 0.1) is 22.0 Å². The molecule has 0 heterocycles. The third kappa shape index (κ3) is 4.98. The smallest absolute Gasteiger partial charge is 0.283 e. The van der Waals surface area contributed by atoms with Gasteiger partial charge in [-0.05, 0) is 56.9 Å². The molecule has 7 heteroatoms. The van der Waals surface area contributed by atoms with Gasteiger partial charge >= 0.3 is 0 Å². The number of nitro benzene ring substituents is 1. The Labute approximate surface area is 157 Å². The first-order valence-corrected chi connectivity index (χ1v) is 9.44. The molecule has 138 valence electrons. The lowest BCUT2D eigenvalue weighted by atomic mass is 10.1. The second-order valence-corrected chi connectivity index (χ2v) is 6.93. The molecule has 2 aromatic rings. The zero-order valence-electron chi connectivity index (χ0n) is 15.2. The minimum atomic E-state index is -0.473. The number of hydrogen-bond acceptors (Lipinski definition) is 5. The van der Waals surface area contributed by atoms with Crippen molar-refractivity contribution in [3.63, 3.8) is 0 Å². The van der Waals surface area contributed by atoms with Crippen molar-refractivity contribution in [1.29, 1.82) is 0 Å². The summed E-state index contributed by atoms with van der Waals surface area (Å²) >= 11 is 1.27. The maximum Gasteiger partial charge on any atom is 0.283 e. The standard InChI is InChI=1S/C19H22N2O4S/c1-12(2)25-16-7-5-6-14(10-16)13(3)20-19(22)15-8-9-18(26-4)17(11-15)21(23)24/h5-13H,1-4H3,(H,20,22). The van der Waals surface area contributed by atoms with E-state index in [9.17, 15) is 14.9 Å². The first kappa shape index (κ1) is 19.8. The van der Waals surface area contributed by atoms with Crippen molar-refractivity contribution < 1.29 is 14.5 Å². The molecule has 0 aliphatic rings. The summed E-state index contributed by atoms with van der Waals surface area (Å²) in [6, 6.07) is 11.8. The molecule has 0 aromatic heterocycles. The van der Waals surface area contributed by atoms with Crippen LogP contribution in [0.4, 0.5) is 5.69 Å². The Morgan fingerprint density at radius 1 is 1.19 bits per heavy atom. The highest BCUT2D eigenvalue weighted by molar-refractivity contribution is 7.98. The fourth-order valence-corrected chi connectivity index (χ4v) is 3.01. The molecule has 1 unspecified atom stereocenters. The highest BCUT2D eigenvalue weighted by Crippen LogP contribution is 2.28. The zero-order valence-corrected chi connectivity index (χ0v) is 16.0. The Morgan fingerprint density at radius 3 is 2.54 bits per heavy atom. The molecule has 0 aliphatic carbocycles. The molecule has 6 nitrogen and oxygen atoms in total. The van der Waals surface area contributed by atoms with E-state index in [1.54, 1.807) is 18.4 Å². The largest absolute Gasteiger partial charge is 0.491 e. The minimum absolute atomic E-state index is 0.0608. The van der Waals surface area contributed by atoms with Crippen molar-refractivity contribution in [3.05, 3.63) is 63.7 Å². The Kier molecular flexibility index (Phi) is 6.63. The highest BCUT2D eigenvalue weighted by atomic mass is 32.2. The second-order valence-electron chi connectivity index (χ2n) is 6.08. The topological polar surface area (TPSA) is 81.5 Å². The molecule has 0 radical (unpaired) electrons. The number of rotatable bonds is 7. The van der Waals surface area contributed by atoms with Crippen LogP contribution in [0.1, 0.15) is 42.7 Å². The molecule has 1 amide bonds. The van der Waals surface area contributed by atoms with Gasteiger partial charge < -0.3 is 10.1 Å². The minimum Gasteiger partial charge on any atom is -0.491 e. The van der Waals surface area contributed by atoms with Crippen molar-refractivity contribution in [3.8, 4) is 5.75 Å². The van der Waals surface area contributed by atoms with Gasteiger partial charge in [-0.1, -0.05) is 12.1 Å². The first-order chi connectivity index (χ1) is 12.3. The monoisotopic (exact) mass is 374 g/mol. The summed E-state index contributed by atoms with van der Waals surface area (Å²) in [5, 5.41) is 14.0. The number of benzene rings is 2. The van der Waals surface area contributed by atoms with E-state index >= 15 is 0 Å². The van der Waals surface area contributed by atoms with E-state index in [0.717, 1.165) is 11.3 Å². The van der Waals surface area contributed by atoms with Crippen molar-refractivity contribution in [2.24, 2.45) is 0 Å². The van der Waals surface area contributed by atoms with Crippen LogP contribution < -0.4 is 10.1 Å². The molecule has 2 aromatic carbocycles. The highest BCUT2D eigenvalue weighted by Gasteiger charge is 2.18. The Hall–Kier alpha value is -2.54. The summed E-state index contributed by atoms with van der Waals surface area (Å²) in [4.78, 5) is 23.7. The summed E-state index contributed by atoms with van der Waals surface area (Å²) in [5.41, 5.74) is 1.09. The number of carbonyl (C=O) groups is 1. The van der Waals surface area contributed by atoms with Crippen LogP contribution in [0.5, 0.6) is 5.75 Å². The van der Waals surface area contributed by atoms with Gasteiger partial charge in [0, 0.05) is 11.6 Å². The third-order valence-corrected chi connectivity index (χ3v) is 4.50. The van der Waals surface area contributed by atoms with E-state index in [4.69, 9.17) is 4.74 Å². The number of hydrogen-bond donors (Lipinski definition) is 1. The van der Waals surface area contributed by atoms with Crippen molar-refractivity contribution >= 4 is 23.4 Å². The fraction of sp³-hybridized carbons (Fsp3) is 0.316. The van der Waals surface area contributed by atoms with Crippen LogP contribution in [0.15, 0.2) is 47.4 Å². The summed E-state index contributed by atoms with van der Waals surface area (Å²) in [5.74, 6) is 0.377. The van der Waals surface area contributed by atoms with Gasteiger partial charge in [0.2, 0.25) is 0 Å². The Morgan fingerprint density at radius 2 is 1.92 bits per heavy atom. The normalized spacial score (nSPS) is 11.9. The lowest BCUT2D eigenvalue weighted by Gasteiger charge is -2.17. The van der Waals surface area contributed by atoms with Crippen molar-refractivity contribution in [2.45, 2.75) is 37.8 Å². The van der Waals surface area contributed by atoms with Gasteiger partial charge in [-0.3, -0.25) is 14.9 Å². The molecular weight excluding hydrogens is 352 g/mol. The van der Waals surface area contributed by atoms with Crippen LogP contribution in [0.2, 0.25) is 0 Å². The summed E-state index contributed by atoms with van der Waals surface area (Å²) in [6.07, 6.45) is 1.82. The zero-order chi connectivity index (χ0) is 19.3. The number of nitrogens with one attached hydrogen (secondary N) is 1. The SMILES string of the molecule is CSc1ccc(C(=O)NC(C)c2cccc(OC(C)C)c2)cc1[N+](=O)[O-]. The van der Waals surface area contributed by atoms with Crippen LogP contribution in [-0.4, -0.2) is 23.2 Å². The van der Waals surface area contributed by atoms with E-state index < -0.39 is 4.92 Å². The molecule has 0 saturated carbocycles. The predicted molar refractivity (Wildman–Crippen MR) is 103 cm³/mol. The lowest BCUT2D eigenvalue weighted by molar-refractivity contribution is -0.387. The van der Waals surface area contributed by atoms with Crippen molar-refractivity contribution in [1.82, 2.24) is 5.32 Å². The average molecular weight is 374 g/mol. The molecule has 26 heavy (non-hydrogen) atoms. The summed E-state index contributed by atoms with van der Waals surface area (Å²) in [6.45, 7) is 5.75. The number of thioether (sulfide) groups is 1. The molecule has 1 N–H and O–H groups in total. The number of nitrogens with zero attached hydrogens (tertiary/aromatic N) is 1. The van der Waals surface area contributed by atoms with E-state index in [1.165, 1.54) is 17.8 Å².